The summed E-state index contributed by atoms with van der Waals surface area (Å²) in [5, 5.41) is 0. The number of nitrogens with one attached hydrogen (secondary N) is 1. The lowest BCUT2D eigenvalue weighted by molar-refractivity contribution is 0.284. The highest BCUT2D eigenvalue weighted by Gasteiger charge is 2.21. The molecule has 0 aliphatic rings. The molecule has 29 heavy (non-hydrogen) atoms. The molecule has 0 saturated carbocycles. The monoisotopic (exact) mass is 411 g/mol. The number of rotatable bonds is 9. The van der Waals surface area contributed by atoms with E-state index in [-0.39, 0.29) is 10.9 Å². The van der Waals surface area contributed by atoms with Gasteiger partial charge in [0.05, 0.1) is 12.0 Å². The summed E-state index contributed by atoms with van der Waals surface area (Å²) in [4.78, 5) is 0.244. The minimum atomic E-state index is -3.62. The lowest BCUT2D eigenvalue weighted by Crippen LogP contribution is -2.28. The number of ether oxygens (including phenoxy) is 2. The van der Waals surface area contributed by atoms with Gasteiger partial charge >= 0.3 is 0 Å². The molecule has 0 spiro atoms. The summed E-state index contributed by atoms with van der Waals surface area (Å²) in [7, 11) is -2.04. The van der Waals surface area contributed by atoms with Crippen molar-refractivity contribution in [2.75, 3.05) is 7.11 Å². The first-order chi connectivity index (χ1) is 14.0. The van der Waals surface area contributed by atoms with Crippen LogP contribution in [0.4, 0.5) is 0 Å². The predicted octanol–water partition coefficient (Wildman–Crippen LogP) is 4.70. The van der Waals surface area contributed by atoms with Crippen molar-refractivity contribution in [2.24, 2.45) is 0 Å². The molecule has 1 unspecified atom stereocenters. The van der Waals surface area contributed by atoms with Gasteiger partial charge in [-0.05, 0) is 41.8 Å². The summed E-state index contributed by atoms with van der Waals surface area (Å²) in [5.74, 6) is 1.18. The number of sulfonamides is 1. The van der Waals surface area contributed by atoms with Crippen molar-refractivity contribution in [3.05, 3.63) is 90.0 Å². The molecule has 0 saturated heterocycles. The Morgan fingerprint density at radius 2 is 1.55 bits per heavy atom. The van der Waals surface area contributed by atoms with Gasteiger partial charge in [0.15, 0.2) is 11.5 Å². The molecule has 0 amide bonds. The van der Waals surface area contributed by atoms with E-state index < -0.39 is 10.0 Å². The van der Waals surface area contributed by atoms with Crippen LogP contribution in [0.15, 0.2) is 83.8 Å². The predicted molar refractivity (Wildman–Crippen MR) is 114 cm³/mol. The van der Waals surface area contributed by atoms with Gasteiger partial charge in [-0.1, -0.05) is 61.5 Å². The molecule has 3 rings (SSSR count). The quantitative estimate of drug-likeness (QED) is 0.554. The Kier molecular flexibility index (Phi) is 6.90. The molecule has 0 aromatic heterocycles. The van der Waals surface area contributed by atoms with Crippen molar-refractivity contribution in [1.82, 2.24) is 4.72 Å². The van der Waals surface area contributed by atoms with E-state index in [0.717, 1.165) is 11.1 Å². The first kappa shape index (κ1) is 20.9. The van der Waals surface area contributed by atoms with Gasteiger partial charge < -0.3 is 9.47 Å². The van der Waals surface area contributed by atoms with Gasteiger partial charge in [0.1, 0.15) is 6.61 Å². The Bertz CT molecular complexity index is 1020. The smallest absolute Gasteiger partial charge is 0.241 e. The second-order valence-electron chi connectivity index (χ2n) is 6.58. The maximum absolute atomic E-state index is 12.7. The van der Waals surface area contributed by atoms with Gasteiger partial charge in [-0.2, -0.15) is 0 Å². The van der Waals surface area contributed by atoms with Gasteiger partial charge in [-0.25, -0.2) is 13.1 Å². The van der Waals surface area contributed by atoms with Crippen LogP contribution >= 0.6 is 0 Å². The Morgan fingerprint density at radius 1 is 0.897 bits per heavy atom. The van der Waals surface area contributed by atoms with E-state index >= 15 is 0 Å². The summed E-state index contributed by atoms with van der Waals surface area (Å²) in [6.45, 7) is 2.36. The maximum atomic E-state index is 12.7. The van der Waals surface area contributed by atoms with Crippen LogP contribution in [0.5, 0.6) is 11.5 Å². The van der Waals surface area contributed by atoms with E-state index in [0.29, 0.717) is 24.5 Å². The number of hydrogen-bond donors (Lipinski definition) is 1. The fraction of sp³-hybridized carbons (Fsp3) is 0.217. The fourth-order valence-corrected chi connectivity index (χ4v) is 4.33. The van der Waals surface area contributed by atoms with E-state index in [1.807, 2.05) is 55.5 Å². The van der Waals surface area contributed by atoms with Crippen LogP contribution in [0.3, 0.4) is 0 Å². The molecule has 3 aromatic carbocycles. The lowest BCUT2D eigenvalue weighted by atomic mass is 10.0. The van der Waals surface area contributed by atoms with Crippen molar-refractivity contribution < 1.29 is 17.9 Å². The molecule has 6 heteroatoms. The average molecular weight is 412 g/mol. The molecular formula is C23H25NO4S. The van der Waals surface area contributed by atoms with Crippen molar-refractivity contribution in [2.45, 2.75) is 30.9 Å². The Morgan fingerprint density at radius 3 is 2.17 bits per heavy atom. The number of methoxy groups -OCH3 is 1. The maximum Gasteiger partial charge on any atom is 0.241 e. The Hall–Kier alpha value is -2.83. The molecule has 0 heterocycles. The highest BCUT2D eigenvalue weighted by atomic mass is 32.2. The lowest BCUT2D eigenvalue weighted by Gasteiger charge is -2.19. The van der Waals surface area contributed by atoms with Crippen LogP contribution in [-0.2, 0) is 16.6 Å². The van der Waals surface area contributed by atoms with Crippen LogP contribution in [-0.4, -0.2) is 15.5 Å². The van der Waals surface area contributed by atoms with E-state index in [1.54, 1.807) is 37.4 Å². The van der Waals surface area contributed by atoms with Crippen LogP contribution in [0.1, 0.15) is 30.5 Å². The molecule has 1 N–H and O–H groups in total. The molecule has 5 nitrogen and oxygen atoms in total. The van der Waals surface area contributed by atoms with E-state index in [4.69, 9.17) is 9.47 Å². The van der Waals surface area contributed by atoms with Gasteiger partial charge in [0.25, 0.3) is 0 Å². The Balaban J connectivity index is 1.78. The fourth-order valence-electron chi connectivity index (χ4n) is 3.00. The van der Waals surface area contributed by atoms with Crippen LogP contribution in [0.25, 0.3) is 0 Å². The zero-order valence-corrected chi connectivity index (χ0v) is 17.4. The minimum Gasteiger partial charge on any atom is -0.493 e. The van der Waals surface area contributed by atoms with E-state index in [9.17, 15) is 8.42 Å². The van der Waals surface area contributed by atoms with Gasteiger partial charge in [-0.15, -0.1) is 0 Å². The summed E-state index contributed by atoms with van der Waals surface area (Å²) < 4.78 is 39.5. The summed E-state index contributed by atoms with van der Waals surface area (Å²) in [6, 6.07) is 23.4. The zero-order chi connectivity index (χ0) is 20.7. The van der Waals surface area contributed by atoms with Crippen LogP contribution in [0, 0.1) is 0 Å². The van der Waals surface area contributed by atoms with E-state index in [1.165, 1.54) is 0 Å². The zero-order valence-electron chi connectivity index (χ0n) is 16.5. The van der Waals surface area contributed by atoms with Crippen molar-refractivity contribution >= 4 is 10.0 Å². The molecule has 0 fully saturated rings. The average Bonchev–Trinajstić information content (AvgIpc) is 2.77. The standard InChI is InChI=1S/C23H25NO4S/c1-3-21(24-29(25,26)20-12-8-5-9-13-20)19-14-15-22(23(16-19)27-2)28-17-18-10-6-4-7-11-18/h4-16,21,24H,3,17H2,1-2H3. The molecule has 0 aliphatic heterocycles. The summed E-state index contributed by atoms with van der Waals surface area (Å²) in [6.07, 6.45) is 0.597. The third-order valence-corrected chi connectivity index (χ3v) is 6.07. The SMILES string of the molecule is CCC(NS(=O)(=O)c1ccccc1)c1ccc(OCc2ccccc2)c(OC)c1. The second kappa shape index (κ2) is 9.58. The molecule has 0 radical (unpaired) electrons. The molecule has 1 atom stereocenters. The first-order valence-corrected chi connectivity index (χ1v) is 10.9. The van der Waals surface area contributed by atoms with Crippen LogP contribution < -0.4 is 14.2 Å². The molecule has 3 aromatic rings. The first-order valence-electron chi connectivity index (χ1n) is 9.45. The van der Waals surface area contributed by atoms with Gasteiger partial charge in [0, 0.05) is 6.04 Å². The van der Waals surface area contributed by atoms with Crippen LogP contribution in [0.2, 0.25) is 0 Å². The van der Waals surface area contributed by atoms with Gasteiger partial charge in [0.2, 0.25) is 10.0 Å². The summed E-state index contributed by atoms with van der Waals surface area (Å²) >= 11 is 0. The van der Waals surface area contributed by atoms with Crippen molar-refractivity contribution in [3.63, 3.8) is 0 Å². The third kappa shape index (κ3) is 5.37. The molecule has 152 valence electrons. The van der Waals surface area contributed by atoms with E-state index in [2.05, 4.69) is 4.72 Å². The van der Waals surface area contributed by atoms with Crippen molar-refractivity contribution in [3.8, 4) is 11.5 Å². The highest BCUT2D eigenvalue weighted by Crippen LogP contribution is 2.32. The largest absolute Gasteiger partial charge is 0.493 e. The van der Waals surface area contributed by atoms with Gasteiger partial charge in [-0.3, -0.25) is 0 Å². The summed E-state index contributed by atoms with van der Waals surface area (Å²) in [5.41, 5.74) is 1.87. The highest BCUT2D eigenvalue weighted by molar-refractivity contribution is 7.89. The number of hydrogen-bond acceptors (Lipinski definition) is 4. The number of benzene rings is 3. The topological polar surface area (TPSA) is 64.6 Å². The normalized spacial score (nSPS) is 12.3. The molecule has 0 bridgehead atoms. The van der Waals surface area contributed by atoms with Crippen molar-refractivity contribution in [1.29, 1.82) is 0 Å². The molecular weight excluding hydrogens is 386 g/mol. The minimum absolute atomic E-state index is 0.244. The Labute approximate surface area is 172 Å². The second-order valence-corrected chi connectivity index (χ2v) is 8.29. The molecule has 0 aliphatic carbocycles. The third-order valence-electron chi connectivity index (χ3n) is 4.59.